The summed E-state index contributed by atoms with van der Waals surface area (Å²) in [5.41, 5.74) is 3.15. The van der Waals surface area contributed by atoms with Crippen molar-refractivity contribution in [2.45, 2.75) is 20.0 Å². The lowest BCUT2D eigenvalue weighted by atomic mass is 10.1. The van der Waals surface area contributed by atoms with Crippen molar-refractivity contribution in [3.05, 3.63) is 99.7 Å². The lowest BCUT2D eigenvalue weighted by molar-refractivity contribution is -0.132. The first kappa shape index (κ1) is 24.9. The molecule has 0 saturated heterocycles. The number of carbonyl (C=O) groups excluding carboxylic acids is 1. The smallest absolute Gasteiger partial charge is 0.275 e. The standard InChI is InChI=1S/C31H27N3O4S/c1-20-12-13-27(39-20)22-16-23-18-33(14-15-38-30(23)26(17-22)37-2)28(35)19-34-31(36)25-11-7-6-10-24(25)29(32-34)21-8-4-3-5-9-21/h3-13,16-17H,14-15,18-19H2,1-2H3. The SMILES string of the molecule is COc1cc(-c2ccc(C)s2)cc2c1OCCN(C(=O)Cn1nc(-c3ccccc3)c3ccccc3c1=O)C2. The Balaban J connectivity index is 1.34. The molecule has 0 unspecified atom stereocenters. The molecule has 6 rings (SSSR count). The van der Waals surface area contributed by atoms with Crippen LogP contribution in [0, 0.1) is 6.92 Å². The Morgan fingerprint density at radius 3 is 2.51 bits per heavy atom. The van der Waals surface area contributed by atoms with E-state index >= 15 is 0 Å². The van der Waals surface area contributed by atoms with Crippen molar-refractivity contribution in [1.29, 1.82) is 0 Å². The van der Waals surface area contributed by atoms with Crippen LogP contribution < -0.4 is 15.0 Å². The van der Waals surface area contributed by atoms with E-state index in [1.165, 1.54) is 9.56 Å². The predicted molar refractivity (Wildman–Crippen MR) is 153 cm³/mol. The number of methoxy groups -OCH3 is 1. The summed E-state index contributed by atoms with van der Waals surface area (Å²) in [5, 5.41) is 5.96. The number of amides is 1. The highest BCUT2D eigenvalue weighted by Crippen LogP contribution is 2.40. The number of ether oxygens (including phenoxy) is 2. The summed E-state index contributed by atoms with van der Waals surface area (Å²) in [6.45, 7) is 2.96. The average molecular weight is 538 g/mol. The third kappa shape index (κ3) is 4.79. The number of fused-ring (bicyclic) bond motifs is 2. The molecule has 5 aromatic rings. The van der Waals surface area contributed by atoms with Gasteiger partial charge in [-0.2, -0.15) is 5.10 Å². The van der Waals surface area contributed by atoms with E-state index in [2.05, 4.69) is 30.2 Å². The second-order valence-corrected chi connectivity index (χ2v) is 10.8. The fourth-order valence-corrected chi connectivity index (χ4v) is 5.81. The van der Waals surface area contributed by atoms with Crippen LogP contribution in [0.15, 0.2) is 83.7 Å². The van der Waals surface area contributed by atoms with E-state index in [0.29, 0.717) is 42.3 Å². The number of thiophene rings is 1. The Morgan fingerprint density at radius 1 is 1.00 bits per heavy atom. The maximum absolute atomic E-state index is 13.6. The number of aromatic nitrogens is 2. The molecule has 196 valence electrons. The van der Waals surface area contributed by atoms with Gasteiger partial charge in [0, 0.05) is 32.8 Å². The minimum Gasteiger partial charge on any atom is -0.493 e. The number of benzene rings is 3. The van der Waals surface area contributed by atoms with Crippen LogP contribution in [0.5, 0.6) is 11.5 Å². The zero-order valence-electron chi connectivity index (χ0n) is 21.7. The van der Waals surface area contributed by atoms with Gasteiger partial charge >= 0.3 is 0 Å². The highest BCUT2D eigenvalue weighted by molar-refractivity contribution is 7.15. The quantitative estimate of drug-likeness (QED) is 0.295. The molecule has 2 aromatic heterocycles. The van der Waals surface area contributed by atoms with Crippen LogP contribution in [0.4, 0.5) is 0 Å². The molecule has 1 aliphatic rings. The van der Waals surface area contributed by atoms with Crippen LogP contribution in [0.3, 0.4) is 0 Å². The van der Waals surface area contributed by atoms with Gasteiger partial charge in [0.25, 0.3) is 5.56 Å². The topological polar surface area (TPSA) is 73.7 Å². The van der Waals surface area contributed by atoms with Gasteiger partial charge in [-0.1, -0.05) is 48.5 Å². The third-order valence-corrected chi connectivity index (χ3v) is 7.95. The van der Waals surface area contributed by atoms with Crippen LogP contribution >= 0.6 is 11.3 Å². The minimum absolute atomic E-state index is 0.167. The van der Waals surface area contributed by atoms with Crippen molar-refractivity contribution in [2.24, 2.45) is 0 Å². The van der Waals surface area contributed by atoms with Gasteiger partial charge in [-0.15, -0.1) is 11.3 Å². The molecule has 0 atom stereocenters. The second-order valence-electron chi connectivity index (χ2n) is 9.46. The molecule has 0 radical (unpaired) electrons. The molecule has 1 aliphatic heterocycles. The van der Waals surface area contributed by atoms with Gasteiger partial charge in [0.05, 0.1) is 24.7 Å². The van der Waals surface area contributed by atoms with Crippen LogP contribution in [-0.4, -0.2) is 40.8 Å². The molecule has 0 N–H and O–H groups in total. The van der Waals surface area contributed by atoms with Gasteiger partial charge in [-0.05, 0) is 42.8 Å². The van der Waals surface area contributed by atoms with Gasteiger partial charge in [-0.3, -0.25) is 9.59 Å². The number of nitrogens with zero attached hydrogens (tertiary/aromatic N) is 3. The van der Waals surface area contributed by atoms with E-state index < -0.39 is 0 Å². The summed E-state index contributed by atoms with van der Waals surface area (Å²) in [7, 11) is 1.62. The van der Waals surface area contributed by atoms with Crippen molar-refractivity contribution < 1.29 is 14.3 Å². The summed E-state index contributed by atoms with van der Waals surface area (Å²) in [5.74, 6) is 1.09. The molecular formula is C31H27N3O4S. The normalized spacial score (nSPS) is 13.0. The molecule has 0 spiro atoms. The fourth-order valence-electron chi connectivity index (χ4n) is 4.96. The number of aryl methyl sites for hydroxylation is 1. The van der Waals surface area contributed by atoms with E-state index in [-0.39, 0.29) is 18.0 Å². The molecule has 39 heavy (non-hydrogen) atoms. The van der Waals surface area contributed by atoms with Gasteiger partial charge in [0.2, 0.25) is 5.91 Å². The molecule has 1 amide bonds. The molecular weight excluding hydrogens is 510 g/mol. The maximum Gasteiger partial charge on any atom is 0.275 e. The highest BCUT2D eigenvalue weighted by atomic mass is 32.1. The van der Waals surface area contributed by atoms with Crippen molar-refractivity contribution in [3.63, 3.8) is 0 Å². The third-order valence-electron chi connectivity index (χ3n) is 6.90. The van der Waals surface area contributed by atoms with Crippen molar-refractivity contribution in [3.8, 4) is 33.2 Å². The molecule has 7 nitrogen and oxygen atoms in total. The van der Waals surface area contributed by atoms with Crippen molar-refractivity contribution in [2.75, 3.05) is 20.3 Å². The Hall–Kier alpha value is -4.43. The first-order valence-corrected chi connectivity index (χ1v) is 13.6. The number of carbonyl (C=O) groups is 1. The van der Waals surface area contributed by atoms with Crippen LogP contribution in [0.2, 0.25) is 0 Å². The first-order chi connectivity index (χ1) is 19.0. The van der Waals surface area contributed by atoms with E-state index in [9.17, 15) is 9.59 Å². The van der Waals surface area contributed by atoms with Crippen molar-refractivity contribution >= 4 is 28.0 Å². The van der Waals surface area contributed by atoms with E-state index in [1.54, 1.807) is 29.4 Å². The number of rotatable bonds is 5. The van der Waals surface area contributed by atoms with E-state index in [0.717, 1.165) is 27.0 Å². The zero-order chi connectivity index (χ0) is 26.9. The number of hydrogen-bond acceptors (Lipinski definition) is 6. The van der Waals surface area contributed by atoms with Gasteiger partial charge in [-0.25, -0.2) is 4.68 Å². The van der Waals surface area contributed by atoms with Crippen LogP contribution in [-0.2, 0) is 17.9 Å². The lowest BCUT2D eigenvalue weighted by Gasteiger charge is -2.21. The van der Waals surface area contributed by atoms with Gasteiger partial charge in [0.1, 0.15) is 13.2 Å². The van der Waals surface area contributed by atoms with E-state index in [1.807, 2.05) is 54.6 Å². The fraction of sp³-hybridized carbons (Fsp3) is 0.194. The molecule has 0 fully saturated rings. The molecule has 3 heterocycles. The largest absolute Gasteiger partial charge is 0.493 e. The van der Waals surface area contributed by atoms with Gasteiger partial charge in [0.15, 0.2) is 11.5 Å². The Kier molecular flexibility index (Phi) is 6.62. The van der Waals surface area contributed by atoms with Crippen molar-refractivity contribution in [1.82, 2.24) is 14.7 Å². The lowest BCUT2D eigenvalue weighted by Crippen LogP contribution is -2.38. The Bertz CT molecular complexity index is 1740. The van der Waals surface area contributed by atoms with Crippen LogP contribution in [0.25, 0.3) is 32.5 Å². The number of hydrogen-bond donors (Lipinski definition) is 0. The molecule has 3 aromatic carbocycles. The maximum atomic E-state index is 13.6. The molecule has 8 heteroatoms. The zero-order valence-corrected chi connectivity index (χ0v) is 22.5. The average Bonchev–Trinajstić information content (AvgIpc) is 3.28. The molecule has 0 aliphatic carbocycles. The summed E-state index contributed by atoms with van der Waals surface area (Å²) < 4.78 is 13.0. The predicted octanol–water partition coefficient (Wildman–Crippen LogP) is 5.53. The summed E-state index contributed by atoms with van der Waals surface area (Å²) >= 11 is 1.70. The van der Waals surface area contributed by atoms with E-state index in [4.69, 9.17) is 9.47 Å². The summed E-state index contributed by atoms with van der Waals surface area (Å²) in [6.07, 6.45) is 0. The monoisotopic (exact) mass is 537 g/mol. The Labute approximate surface area is 229 Å². The van der Waals surface area contributed by atoms with Crippen LogP contribution in [0.1, 0.15) is 10.4 Å². The molecule has 0 bridgehead atoms. The summed E-state index contributed by atoms with van der Waals surface area (Å²) in [6, 6.07) is 25.3. The van der Waals surface area contributed by atoms with Gasteiger partial charge < -0.3 is 14.4 Å². The highest BCUT2D eigenvalue weighted by Gasteiger charge is 2.25. The first-order valence-electron chi connectivity index (χ1n) is 12.8. The minimum atomic E-state index is -0.290. The Morgan fingerprint density at radius 2 is 1.77 bits per heavy atom. The molecule has 0 saturated carbocycles. The second kappa shape index (κ2) is 10.4. The summed E-state index contributed by atoms with van der Waals surface area (Å²) in [4.78, 5) is 31.1.